The van der Waals surface area contributed by atoms with Gasteiger partial charge in [-0.25, -0.2) is 4.98 Å². The summed E-state index contributed by atoms with van der Waals surface area (Å²) in [4.78, 5) is 12.8. The molecule has 0 fully saturated rings. The fraction of sp³-hybridized carbons (Fsp3) is 0.211. The highest BCUT2D eigenvalue weighted by Crippen LogP contribution is 2.30. The van der Waals surface area contributed by atoms with Gasteiger partial charge in [-0.3, -0.25) is 4.98 Å². The number of aliphatic hydroxyl groups is 1. The molecule has 1 aromatic carbocycles. The zero-order valence-corrected chi connectivity index (χ0v) is 14.7. The van der Waals surface area contributed by atoms with Gasteiger partial charge >= 0.3 is 6.18 Å². The van der Waals surface area contributed by atoms with Crippen molar-refractivity contribution in [3.63, 3.8) is 0 Å². The molecule has 0 spiro atoms. The Balaban J connectivity index is 1.87. The van der Waals surface area contributed by atoms with E-state index in [1.165, 1.54) is 12.1 Å². The highest BCUT2D eigenvalue weighted by molar-refractivity contribution is 5.66. The molecular weight excluding hydrogens is 371 g/mol. The maximum atomic E-state index is 12.7. The van der Waals surface area contributed by atoms with Gasteiger partial charge in [0.05, 0.1) is 11.3 Å². The van der Waals surface area contributed by atoms with E-state index in [4.69, 9.17) is 5.11 Å². The summed E-state index contributed by atoms with van der Waals surface area (Å²) in [7, 11) is 0. The summed E-state index contributed by atoms with van der Waals surface area (Å²) in [6.45, 7) is 0.513. The minimum Gasteiger partial charge on any atom is -0.396 e. The Hall–Kier alpha value is -3.20. The summed E-state index contributed by atoms with van der Waals surface area (Å²) < 4.78 is 38.1. The molecule has 0 bridgehead atoms. The van der Waals surface area contributed by atoms with Crippen LogP contribution in [0.4, 0.5) is 30.6 Å². The molecule has 2 heterocycles. The third kappa shape index (κ3) is 5.17. The second-order valence-corrected chi connectivity index (χ2v) is 5.91. The summed E-state index contributed by atoms with van der Waals surface area (Å²) in [5, 5.41) is 14.9. The van der Waals surface area contributed by atoms with Crippen molar-refractivity contribution in [2.24, 2.45) is 0 Å². The van der Waals surface area contributed by atoms with Gasteiger partial charge < -0.3 is 15.7 Å². The van der Waals surface area contributed by atoms with E-state index in [0.717, 1.165) is 17.7 Å². The van der Waals surface area contributed by atoms with Gasteiger partial charge in [-0.05, 0) is 42.8 Å². The summed E-state index contributed by atoms with van der Waals surface area (Å²) in [6, 6.07) is 10.00. The van der Waals surface area contributed by atoms with Crippen molar-refractivity contribution >= 4 is 17.5 Å². The predicted octanol–water partition coefficient (Wildman–Crippen LogP) is 4.10. The van der Waals surface area contributed by atoms with Crippen LogP contribution in [0.2, 0.25) is 0 Å². The Morgan fingerprint density at radius 1 is 1.04 bits per heavy atom. The summed E-state index contributed by atoms with van der Waals surface area (Å²) >= 11 is 0. The first-order valence-corrected chi connectivity index (χ1v) is 8.54. The van der Waals surface area contributed by atoms with Crippen molar-refractivity contribution in [1.82, 2.24) is 15.0 Å². The van der Waals surface area contributed by atoms with Gasteiger partial charge in [-0.1, -0.05) is 0 Å². The number of nitrogens with one attached hydrogen (secondary N) is 2. The first-order valence-electron chi connectivity index (χ1n) is 8.54. The van der Waals surface area contributed by atoms with E-state index in [9.17, 15) is 13.2 Å². The smallest absolute Gasteiger partial charge is 0.396 e. The predicted molar refractivity (Wildman–Crippen MR) is 100 cm³/mol. The lowest BCUT2D eigenvalue weighted by Gasteiger charge is -2.12. The molecule has 0 radical (unpaired) electrons. The van der Waals surface area contributed by atoms with Gasteiger partial charge in [0, 0.05) is 42.9 Å². The zero-order chi connectivity index (χ0) is 20.0. The molecule has 0 atom stereocenters. The van der Waals surface area contributed by atoms with Gasteiger partial charge in [-0.2, -0.15) is 18.2 Å². The van der Waals surface area contributed by atoms with Gasteiger partial charge in [0.15, 0.2) is 0 Å². The van der Waals surface area contributed by atoms with Crippen molar-refractivity contribution in [3.05, 3.63) is 60.4 Å². The number of pyridine rings is 1. The average molecular weight is 389 g/mol. The van der Waals surface area contributed by atoms with Crippen molar-refractivity contribution < 1.29 is 18.3 Å². The number of anilines is 3. The third-order valence-electron chi connectivity index (χ3n) is 3.79. The molecule has 3 aromatic rings. The minimum absolute atomic E-state index is 0.0337. The van der Waals surface area contributed by atoms with Crippen LogP contribution in [0.5, 0.6) is 0 Å². The SMILES string of the molecule is OCCCNc1nc(Nc2ccc(C(F)(F)F)cc2)cc(-c2cccnc2)n1. The van der Waals surface area contributed by atoms with Crippen molar-refractivity contribution in [3.8, 4) is 11.3 Å². The highest BCUT2D eigenvalue weighted by Gasteiger charge is 2.29. The van der Waals surface area contributed by atoms with Crippen LogP contribution in [0.25, 0.3) is 11.3 Å². The molecule has 0 saturated carbocycles. The second-order valence-electron chi connectivity index (χ2n) is 5.91. The molecule has 0 saturated heterocycles. The van der Waals surface area contributed by atoms with Gasteiger partial charge in [0.2, 0.25) is 5.95 Å². The fourth-order valence-corrected chi connectivity index (χ4v) is 2.42. The van der Waals surface area contributed by atoms with Gasteiger partial charge in [-0.15, -0.1) is 0 Å². The normalized spacial score (nSPS) is 11.3. The summed E-state index contributed by atoms with van der Waals surface area (Å²) in [5.74, 6) is 0.754. The second kappa shape index (κ2) is 8.66. The van der Waals surface area contributed by atoms with Crippen LogP contribution in [0.1, 0.15) is 12.0 Å². The maximum absolute atomic E-state index is 12.7. The minimum atomic E-state index is -4.38. The molecule has 0 aliphatic carbocycles. The molecule has 0 unspecified atom stereocenters. The van der Waals surface area contributed by atoms with E-state index in [2.05, 4.69) is 25.6 Å². The number of halogens is 3. The largest absolute Gasteiger partial charge is 0.416 e. The van der Waals surface area contributed by atoms with Crippen LogP contribution in [0, 0.1) is 0 Å². The fourth-order valence-electron chi connectivity index (χ4n) is 2.42. The van der Waals surface area contributed by atoms with Crippen molar-refractivity contribution in [2.45, 2.75) is 12.6 Å². The number of hydrogen-bond acceptors (Lipinski definition) is 6. The Kier molecular flexibility index (Phi) is 6.05. The van der Waals surface area contributed by atoms with Gasteiger partial charge in [0.1, 0.15) is 5.82 Å². The van der Waals surface area contributed by atoms with Gasteiger partial charge in [0.25, 0.3) is 0 Å². The Morgan fingerprint density at radius 3 is 2.46 bits per heavy atom. The van der Waals surface area contributed by atoms with E-state index in [1.54, 1.807) is 24.5 Å². The van der Waals surface area contributed by atoms with E-state index in [0.29, 0.717) is 36.1 Å². The molecule has 0 amide bonds. The molecule has 146 valence electrons. The number of alkyl halides is 3. The molecule has 6 nitrogen and oxygen atoms in total. The molecule has 0 aliphatic heterocycles. The van der Waals surface area contributed by atoms with Crippen LogP contribution in [0.15, 0.2) is 54.9 Å². The van der Waals surface area contributed by atoms with Crippen LogP contribution < -0.4 is 10.6 Å². The molecule has 9 heteroatoms. The van der Waals surface area contributed by atoms with Crippen LogP contribution in [0.3, 0.4) is 0 Å². The highest BCUT2D eigenvalue weighted by atomic mass is 19.4. The Bertz CT molecular complexity index is 902. The summed E-state index contributed by atoms with van der Waals surface area (Å²) in [5.41, 5.74) is 1.11. The Morgan fingerprint density at radius 2 is 1.82 bits per heavy atom. The number of aromatic nitrogens is 3. The van der Waals surface area contributed by atoms with Crippen LogP contribution >= 0.6 is 0 Å². The van der Waals surface area contributed by atoms with E-state index in [1.807, 2.05) is 6.07 Å². The number of rotatable bonds is 7. The van der Waals surface area contributed by atoms with Crippen LogP contribution in [-0.4, -0.2) is 33.2 Å². The van der Waals surface area contributed by atoms with E-state index >= 15 is 0 Å². The monoisotopic (exact) mass is 389 g/mol. The first-order chi connectivity index (χ1) is 13.5. The average Bonchev–Trinajstić information content (AvgIpc) is 2.68. The maximum Gasteiger partial charge on any atom is 0.416 e. The number of hydrogen-bond donors (Lipinski definition) is 3. The number of nitrogens with zero attached hydrogens (tertiary/aromatic N) is 3. The zero-order valence-electron chi connectivity index (χ0n) is 14.7. The lowest BCUT2D eigenvalue weighted by Crippen LogP contribution is -2.09. The lowest BCUT2D eigenvalue weighted by molar-refractivity contribution is -0.137. The van der Waals surface area contributed by atoms with E-state index < -0.39 is 11.7 Å². The Labute approximate surface area is 159 Å². The molecule has 3 N–H and O–H groups in total. The van der Waals surface area contributed by atoms with E-state index in [-0.39, 0.29) is 6.61 Å². The number of benzene rings is 1. The first kappa shape index (κ1) is 19.6. The standard InChI is InChI=1S/C19H18F3N5O/c20-19(21,22)14-4-6-15(7-5-14)25-17-11-16(13-3-1-8-23-12-13)26-18(27-17)24-9-2-10-28/h1,3-8,11-12,28H,2,9-10H2,(H2,24,25,26,27). The third-order valence-corrected chi connectivity index (χ3v) is 3.79. The van der Waals surface area contributed by atoms with Crippen molar-refractivity contribution in [1.29, 1.82) is 0 Å². The molecule has 2 aromatic heterocycles. The molecule has 28 heavy (non-hydrogen) atoms. The van der Waals surface area contributed by atoms with Crippen molar-refractivity contribution in [2.75, 3.05) is 23.8 Å². The quantitative estimate of drug-likeness (QED) is 0.528. The number of aliphatic hydroxyl groups excluding tert-OH is 1. The molecule has 3 rings (SSSR count). The lowest BCUT2D eigenvalue weighted by atomic mass is 10.2. The topological polar surface area (TPSA) is 83.0 Å². The summed E-state index contributed by atoms with van der Waals surface area (Å²) in [6.07, 6.45) is -0.554. The molecular formula is C19H18F3N5O. The molecule has 0 aliphatic rings. The van der Waals surface area contributed by atoms with Crippen LogP contribution in [-0.2, 0) is 6.18 Å².